The molecule has 0 aliphatic heterocycles. The molecule has 0 N–H and O–H groups in total. The van der Waals surface area contributed by atoms with E-state index in [0.29, 0.717) is 0 Å². The largest absolute Gasteiger partial charge is 0.443 e. The van der Waals surface area contributed by atoms with Gasteiger partial charge in [0.2, 0.25) is 0 Å². The quantitative estimate of drug-likeness (QED) is 0.141. The normalized spacial score (nSPS) is 12.8. The second-order valence-electron chi connectivity index (χ2n) is 3.14. The zero-order valence-corrected chi connectivity index (χ0v) is 16.9. The molecule has 0 radical (unpaired) electrons. The van der Waals surface area contributed by atoms with Crippen LogP contribution in [-0.2, 0) is 9.53 Å². The maximum atomic E-state index is 11.4. The van der Waals surface area contributed by atoms with Gasteiger partial charge in [0.05, 0.1) is 0 Å². The Hall–Kier alpha value is 0.830. The van der Waals surface area contributed by atoms with E-state index in [-0.39, 0.29) is 0 Å². The van der Waals surface area contributed by atoms with Gasteiger partial charge in [0.1, 0.15) is 0 Å². The van der Waals surface area contributed by atoms with E-state index in [1.807, 2.05) is 6.07 Å². The van der Waals surface area contributed by atoms with Gasteiger partial charge >= 0.3 is 5.97 Å². The third kappa shape index (κ3) is 4.16. The van der Waals surface area contributed by atoms with E-state index in [2.05, 4.69) is 79.6 Å². The van der Waals surface area contributed by atoms with Crippen molar-refractivity contribution in [1.82, 2.24) is 0 Å². The zero-order chi connectivity index (χ0) is 13.9. The molecule has 0 spiro atoms. The fourth-order valence-electron chi connectivity index (χ4n) is 1.10. The molecular weight excluding hydrogens is 564 g/mol. The van der Waals surface area contributed by atoms with Gasteiger partial charge in [-0.3, -0.25) is 0 Å². The average molecular weight is 571 g/mol. The SMILES string of the molecule is CC=CC(=O)OC(Br)c1cc(Br)c(Br)c(Br)c1Br. The molecule has 0 aliphatic rings. The summed E-state index contributed by atoms with van der Waals surface area (Å²) in [5, 5.41) is -0.531. The van der Waals surface area contributed by atoms with Crippen LogP contribution < -0.4 is 0 Å². The minimum atomic E-state index is -0.531. The minimum absolute atomic E-state index is 0.401. The molecule has 7 heteroatoms. The first-order chi connectivity index (χ1) is 8.38. The van der Waals surface area contributed by atoms with E-state index >= 15 is 0 Å². The molecule has 1 aromatic rings. The van der Waals surface area contributed by atoms with Crippen LogP contribution in [0.1, 0.15) is 17.5 Å². The van der Waals surface area contributed by atoms with Crippen molar-refractivity contribution >= 4 is 85.6 Å². The number of ether oxygens (including phenoxy) is 1. The molecule has 2 nitrogen and oxygen atoms in total. The van der Waals surface area contributed by atoms with Crippen molar-refractivity contribution in [1.29, 1.82) is 0 Å². The van der Waals surface area contributed by atoms with Crippen molar-refractivity contribution in [2.75, 3.05) is 0 Å². The van der Waals surface area contributed by atoms with Crippen LogP contribution in [0.15, 0.2) is 36.1 Å². The molecule has 98 valence electrons. The summed E-state index contributed by atoms with van der Waals surface area (Å²) in [5.41, 5.74) is 0.801. The number of carbonyl (C=O) groups excluding carboxylic acids is 1. The summed E-state index contributed by atoms with van der Waals surface area (Å²) in [6, 6.07) is 1.86. The summed E-state index contributed by atoms with van der Waals surface area (Å²) in [4.78, 5) is 11.4. The monoisotopic (exact) mass is 566 g/mol. The molecule has 1 aromatic carbocycles. The van der Waals surface area contributed by atoms with Crippen LogP contribution >= 0.6 is 79.6 Å². The van der Waals surface area contributed by atoms with Crippen molar-refractivity contribution < 1.29 is 9.53 Å². The smallest absolute Gasteiger partial charge is 0.331 e. The van der Waals surface area contributed by atoms with Crippen molar-refractivity contribution in [3.05, 3.63) is 41.7 Å². The topological polar surface area (TPSA) is 26.3 Å². The van der Waals surface area contributed by atoms with Crippen LogP contribution in [0.2, 0.25) is 0 Å². The number of benzene rings is 1. The Kier molecular flexibility index (Phi) is 7.10. The Balaban J connectivity index is 3.07. The Morgan fingerprint density at radius 2 is 1.83 bits per heavy atom. The van der Waals surface area contributed by atoms with Gasteiger partial charge in [-0.2, -0.15) is 0 Å². The van der Waals surface area contributed by atoms with Gasteiger partial charge in [0.25, 0.3) is 0 Å². The lowest BCUT2D eigenvalue weighted by Crippen LogP contribution is -2.05. The third-order valence-electron chi connectivity index (χ3n) is 1.90. The highest BCUT2D eigenvalue weighted by molar-refractivity contribution is 9.15. The molecular formula is C11H7Br5O2. The van der Waals surface area contributed by atoms with Gasteiger partial charge in [-0.1, -0.05) is 6.08 Å². The number of allylic oxidation sites excluding steroid dienone is 1. The highest BCUT2D eigenvalue weighted by atomic mass is 79.9. The third-order valence-corrected chi connectivity index (χ3v) is 7.27. The lowest BCUT2D eigenvalue weighted by molar-refractivity contribution is -0.139. The van der Waals surface area contributed by atoms with E-state index in [1.165, 1.54) is 6.08 Å². The number of esters is 1. The van der Waals surface area contributed by atoms with Crippen molar-refractivity contribution in [2.24, 2.45) is 0 Å². The van der Waals surface area contributed by atoms with Crippen LogP contribution in [0.5, 0.6) is 0 Å². The molecule has 18 heavy (non-hydrogen) atoms. The van der Waals surface area contributed by atoms with E-state index in [0.717, 1.165) is 23.5 Å². The summed E-state index contributed by atoms with van der Waals surface area (Å²) in [6.45, 7) is 1.76. The van der Waals surface area contributed by atoms with Crippen LogP contribution in [0.4, 0.5) is 0 Å². The molecule has 1 rings (SSSR count). The van der Waals surface area contributed by atoms with Crippen molar-refractivity contribution in [2.45, 2.75) is 11.9 Å². The fraction of sp³-hybridized carbons (Fsp3) is 0.182. The summed E-state index contributed by atoms with van der Waals surface area (Å²) in [5.74, 6) is -0.401. The Bertz CT molecular complexity index is 499. The number of halogens is 5. The first kappa shape index (κ1) is 16.9. The van der Waals surface area contributed by atoms with Crippen LogP contribution in [0.3, 0.4) is 0 Å². The number of hydrogen-bond donors (Lipinski definition) is 0. The van der Waals surface area contributed by atoms with Gasteiger partial charge in [0, 0.05) is 29.5 Å². The zero-order valence-electron chi connectivity index (χ0n) is 9.02. The van der Waals surface area contributed by atoms with E-state index in [9.17, 15) is 4.79 Å². The number of carbonyl (C=O) groups is 1. The molecule has 1 unspecified atom stereocenters. The molecule has 1 atom stereocenters. The number of hydrogen-bond acceptors (Lipinski definition) is 2. The maximum absolute atomic E-state index is 11.4. The summed E-state index contributed by atoms with van der Waals surface area (Å²) in [7, 11) is 0. The van der Waals surface area contributed by atoms with Gasteiger partial charge in [0.15, 0.2) is 5.01 Å². The molecule has 0 fully saturated rings. The van der Waals surface area contributed by atoms with Gasteiger partial charge < -0.3 is 4.74 Å². The predicted octanol–water partition coefficient (Wildman–Crippen LogP) is 6.25. The lowest BCUT2D eigenvalue weighted by Gasteiger charge is -2.15. The second kappa shape index (κ2) is 7.57. The molecule has 0 aliphatic carbocycles. The lowest BCUT2D eigenvalue weighted by atomic mass is 10.2. The van der Waals surface area contributed by atoms with Crippen LogP contribution in [0, 0.1) is 0 Å². The van der Waals surface area contributed by atoms with Crippen molar-refractivity contribution in [3.8, 4) is 0 Å². The summed E-state index contributed by atoms with van der Waals surface area (Å²) < 4.78 is 8.62. The Morgan fingerprint density at radius 3 is 2.39 bits per heavy atom. The average Bonchev–Trinajstić information content (AvgIpc) is 2.31. The van der Waals surface area contributed by atoms with E-state index < -0.39 is 11.0 Å². The van der Waals surface area contributed by atoms with Gasteiger partial charge in [-0.15, -0.1) is 0 Å². The number of rotatable bonds is 3. The number of alkyl halides is 1. The van der Waals surface area contributed by atoms with Crippen LogP contribution in [-0.4, -0.2) is 5.97 Å². The highest BCUT2D eigenvalue weighted by Gasteiger charge is 2.19. The maximum Gasteiger partial charge on any atom is 0.331 e. The first-order valence-corrected chi connectivity index (χ1v) is 8.77. The molecule has 0 aromatic heterocycles. The van der Waals surface area contributed by atoms with E-state index in [1.54, 1.807) is 13.0 Å². The Labute approximate surface area is 147 Å². The van der Waals surface area contributed by atoms with Crippen LogP contribution in [0.25, 0.3) is 0 Å². The summed E-state index contributed by atoms with van der Waals surface area (Å²) >= 11 is 17.1. The van der Waals surface area contributed by atoms with Crippen molar-refractivity contribution in [3.63, 3.8) is 0 Å². The Morgan fingerprint density at radius 1 is 1.22 bits per heavy atom. The second-order valence-corrected chi connectivity index (χ2v) is 7.21. The molecule has 0 saturated carbocycles. The van der Waals surface area contributed by atoms with E-state index in [4.69, 9.17) is 4.74 Å². The first-order valence-electron chi connectivity index (χ1n) is 4.68. The summed E-state index contributed by atoms with van der Waals surface area (Å²) in [6.07, 6.45) is 3.00. The predicted molar refractivity (Wildman–Crippen MR) is 89.8 cm³/mol. The molecule has 0 bridgehead atoms. The highest BCUT2D eigenvalue weighted by Crippen LogP contribution is 2.43. The van der Waals surface area contributed by atoms with Gasteiger partial charge in [-0.05, 0) is 92.6 Å². The molecule has 0 heterocycles. The minimum Gasteiger partial charge on any atom is -0.443 e. The van der Waals surface area contributed by atoms with Gasteiger partial charge in [-0.25, -0.2) is 4.79 Å². The molecule has 0 amide bonds. The standard InChI is InChI=1S/C11H7Br5O2/c1-2-3-7(17)18-11(16)5-4-6(12)9(14)10(15)8(5)13/h2-4,11H,1H3. The molecule has 0 saturated heterocycles. The fourth-order valence-corrected chi connectivity index (χ4v) is 4.20.